The second-order valence-corrected chi connectivity index (χ2v) is 3.99. The van der Waals surface area contributed by atoms with E-state index in [4.69, 9.17) is 10.8 Å². The Morgan fingerprint density at radius 1 is 0.917 bits per heavy atom. The van der Waals surface area contributed by atoms with Crippen molar-refractivity contribution >= 4 is 18.7 Å². The van der Waals surface area contributed by atoms with E-state index in [1.807, 2.05) is 6.07 Å². The third-order valence-corrected chi connectivity index (χ3v) is 2.38. The molecule has 24 heavy (non-hydrogen) atoms. The van der Waals surface area contributed by atoms with E-state index in [-0.39, 0.29) is 11.5 Å². The monoisotopic (exact) mass is 343 g/mol. The Bertz CT molecular complexity index is 685. The second kappa shape index (κ2) is 9.68. The molecule has 2 rings (SSSR count). The Labute approximate surface area is 133 Å². The molecule has 0 saturated heterocycles. The van der Waals surface area contributed by atoms with E-state index in [0.29, 0.717) is 11.1 Å². The maximum Gasteiger partial charge on any atom is 0.673 e. The summed E-state index contributed by atoms with van der Waals surface area (Å²) in [5, 5.41) is 21.5. The average molecular weight is 343 g/mol. The van der Waals surface area contributed by atoms with Crippen molar-refractivity contribution in [3.05, 3.63) is 75.8 Å². The number of diazo groups is 1. The molecule has 0 aromatic heterocycles. The van der Waals surface area contributed by atoms with Gasteiger partial charge in [-0.25, -0.2) is 0 Å². The van der Waals surface area contributed by atoms with E-state index in [1.165, 1.54) is 24.3 Å². The van der Waals surface area contributed by atoms with Crippen LogP contribution in [0.1, 0.15) is 15.9 Å². The van der Waals surface area contributed by atoms with Crippen LogP contribution in [0.4, 0.5) is 23.0 Å². The summed E-state index contributed by atoms with van der Waals surface area (Å²) < 4.78 is 39.0. The fraction of sp³-hybridized carbons (Fsp3) is 0. The van der Waals surface area contributed by atoms with Crippen LogP contribution in [0.5, 0.6) is 0 Å². The van der Waals surface area contributed by atoms with Gasteiger partial charge in [0.1, 0.15) is 0 Å². The summed E-state index contributed by atoms with van der Waals surface area (Å²) in [4.78, 5) is 21.9. The molecule has 11 heteroatoms. The Morgan fingerprint density at radius 3 is 1.67 bits per heavy atom. The summed E-state index contributed by atoms with van der Waals surface area (Å²) >= 11 is 0. The zero-order valence-electron chi connectivity index (χ0n) is 11.9. The molecule has 0 radical (unpaired) electrons. The molecular formula is C13H10BF4N3O3. The highest BCUT2D eigenvalue weighted by Gasteiger charge is 2.20. The van der Waals surface area contributed by atoms with E-state index in [9.17, 15) is 32.2 Å². The molecule has 0 atom stereocenters. The maximum atomic E-state index is 12.0. The van der Waals surface area contributed by atoms with Crippen LogP contribution in [0, 0.1) is 15.5 Å². The minimum atomic E-state index is -6.00. The molecule has 0 aliphatic heterocycles. The van der Waals surface area contributed by atoms with Crippen LogP contribution in [0.15, 0.2) is 54.6 Å². The zero-order chi connectivity index (χ0) is 18.8. The van der Waals surface area contributed by atoms with E-state index in [0.717, 1.165) is 0 Å². The molecule has 0 amide bonds. The SMILES string of the molecule is F[B-](F)(F)F.N#[NH+].O=C(c1ccccc1)c1ccc([N+](=O)[O-])cc1. The predicted octanol–water partition coefficient (Wildman–Crippen LogP) is 2.41. The van der Waals surface area contributed by atoms with Crippen LogP contribution in [0.25, 0.3) is 0 Å². The van der Waals surface area contributed by atoms with Crippen LogP contribution in [0.2, 0.25) is 0 Å². The Balaban J connectivity index is 0.000000650. The van der Waals surface area contributed by atoms with Crippen LogP contribution in [0.3, 0.4) is 0 Å². The van der Waals surface area contributed by atoms with Gasteiger partial charge in [0, 0.05) is 23.3 Å². The van der Waals surface area contributed by atoms with Gasteiger partial charge in [-0.1, -0.05) is 30.3 Å². The number of halogens is 4. The number of rotatable bonds is 3. The topological polar surface area (TPSA) is 108 Å². The summed E-state index contributed by atoms with van der Waals surface area (Å²) in [7, 11) is -6.00. The number of nitro groups is 1. The van der Waals surface area contributed by atoms with Gasteiger partial charge in [-0.2, -0.15) is 0 Å². The number of ketones is 1. The normalized spacial score (nSPS) is 9.58. The average Bonchev–Trinajstić information content (AvgIpc) is 2.55. The van der Waals surface area contributed by atoms with Crippen molar-refractivity contribution in [2.45, 2.75) is 0 Å². The van der Waals surface area contributed by atoms with Gasteiger partial charge in [-0.3, -0.25) is 14.9 Å². The molecule has 0 aliphatic rings. The minimum Gasteiger partial charge on any atom is -0.418 e. The van der Waals surface area contributed by atoms with Gasteiger partial charge in [0.05, 0.1) is 10.3 Å². The standard InChI is InChI=1S/C13H9NO3.BF4.N2/c15-13(10-4-2-1-3-5-10)11-6-8-12(9-7-11)14(16)17;2-1(3,4)5;1-2/h1-9H;;/q;-1;/p+1. The number of hydrogen-bond donors (Lipinski definition) is 1. The van der Waals surface area contributed by atoms with Crippen molar-refractivity contribution in [2.24, 2.45) is 0 Å². The predicted molar refractivity (Wildman–Crippen MR) is 75.8 cm³/mol. The molecule has 0 aliphatic carbocycles. The number of nitrogens with zero attached hydrogens (tertiary/aromatic N) is 2. The molecule has 126 valence electrons. The van der Waals surface area contributed by atoms with Crippen molar-refractivity contribution in [1.29, 1.82) is 5.39 Å². The lowest BCUT2D eigenvalue weighted by molar-refractivity contribution is -0.384. The first-order valence-corrected chi connectivity index (χ1v) is 6.12. The summed E-state index contributed by atoms with van der Waals surface area (Å²) in [6.45, 7) is 0. The number of nitrogens with one attached hydrogen (secondary N) is 1. The second-order valence-electron chi connectivity index (χ2n) is 3.99. The zero-order valence-corrected chi connectivity index (χ0v) is 11.9. The number of hydrogen-bond acceptors (Lipinski definition) is 4. The molecule has 0 fully saturated rings. The molecule has 0 bridgehead atoms. The number of non-ortho nitro benzene ring substituents is 1. The highest BCUT2D eigenvalue weighted by Crippen LogP contribution is 2.15. The summed E-state index contributed by atoms with van der Waals surface area (Å²) in [5.74, 6) is -0.138. The van der Waals surface area contributed by atoms with Gasteiger partial charge < -0.3 is 17.3 Å². The molecule has 0 saturated carbocycles. The highest BCUT2D eigenvalue weighted by molar-refractivity contribution is 6.50. The van der Waals surface area contributed by atoms with Gasteiger partial charge in [-0.05, 0) is 12.1 Å². The van der Waals surface area contributed by atoms with Gasteiger partial charge in [-0.15, -0.1) is 0 Å². The third-order valence-electron chi connectivity index (χ3n) is 2.38. The van der Waals surface area contributed by atoms with E-state index >= 15 is 0 Å². The van der Waals surface area contributed by atoms with Crippen molar-refractivity contribution in [3.8, 4) is 0 Å². The number of benzene rings is 2. The van der Waals surface area contributed by atoms with Crippen LogP contribution in [-0.4, -0.2) is 18.0 Å². The third kappa shape index (κ3) is 8.23. The molecule has 1 N–H and O–H groups in total. The minimum absolute atomic E-state index is 0.0189. The van der Waals surface area contributed by atoms with Crippen molar-refractivity contribution < 1.29 is 32.4 Å². The van der Waals surface area contributed by atoms with E-state index in [2.05, 4.69) is 0 Å². The quantitative estimate of drug-likeness (QED) is 0.231. The molecule has 2 aromatic carbocycles. The molecule has 0 heterocycles. The Kier molecular flexibility index (Phi) is 8.35. The smallest absolute Gasteiger partial charge is 0.418 e. The number of carbonyl (C=O) groups is 1. The first-order chi connectivity index (χ1) is 11.2. The lowest BCUT2D eigenvalue weighted by Crippen LogP contribution is -2.11. The molecule has 6 nitrogen and oxygen atoms in total. The highest BCUT2D eigenvalue weighted by atomic mass is 19.5. The van der Waals surface area contributed by atoms with E-state index < -0.39 is 12.2 Å². The van der Waals surface area contributed by atoms with Gasteiger partial charge in [0.25, 0.3) is 5.69 Å². The number of carbonyl (C=O) groups excluding carboxylic acids is 1. The van der Waals surface area contributed by atoms with Crippen molar-refractivity contribution in [1.82, 2.24) is 0 Å². The van der Waals surface area contributed by atoms with Gasteiger partial charge in [0.15, 0.2) is 5.78 Å². The van der Waals surface area contributed by atoms with Gasteiger partial charge in [0.2, 0.25) is 5.39 Å². The van der Waals surface area contributed by atoms with Crippen LogP contribution < -0.4 is 5.39 Å². The summed E-state index contributed by atoms with van der Waals surface area (Å²) in [5.41, 5.74) is 0.998. The molecule has 0 spiro atoms. The Morgan fingerprint density at radius 2 is 1.29 bits per heavy atom. The van der Waals surface area contributed by atoms with E-state index in [1.54, 1.807) is 24.3 Å². The van der Waals surface area contributed by atoms with Crippen LogP contribution >= 0.6 is 0 Å². The maximum absolute atomic E-state index is 12.0. The molecule has 0 unspecified atom stereocenters. The lowest BCUT2D eigenvalue weighted by Gasteiger charge is -2.00. The molecular weight excluding hydrogens is 333 g/mol. The van der Waals surface area contributed by atoms with Gasteiger partial charge >= 0.3 is 7.25 Å². The largest absolute Gasteiger partial charge is 0.673 e. The summed E-state index contributed by atoms with van der Waals surface area (Å²) in [6.07, 6.45) is 0. The number of nitro benzene ring substituents is 1. The Hall–Kier alpha value is -3.29. The fourth-order valence-electron chi connectivity index (χ4n) is 1.49. The van der Waals surface area contributed by atoms with Crippen molar-refractivity contribution in [3.63, 3.8) is 0 Å². The first-order valence-electron chi connectivity index (χ1n) is 6.12. The lowest BCUT2D eigenvalue weighted by atomic mass is 10.0. The van der Waals surface area contributed by atoms with Crippen molar-refractivity contribution in [2.75, 3.05) is 0 Å². The molecule has 2 aromatic rings. The fourth-order valence-corrected chi connectivity index (χ4v) is 1.49. The first kappa shape index (κ1) is 20.7. The van der Waals surface area contributed by atoms with Crippen LogP contribution in [-0.2, 0) is 0 Å². The summed E-state index contributed by atoms with van der Waals surface area (Å²) in [6, 6.07) is 14.4.